The first kappa shape index (κ1) is 8.90. The topological polar surface area (TPSA) is 50.9 Å². The molecule has 2 rings (SSSR count). The number of imidazole rings is 1. The minimum absolute atomic E-state index is 0.0186. The fourth-order valence-corrected chi connectivity index (χ4v) is 1.25. The highest BCUT2D eigenvalue weighted by Crippen LogP contribution is 2.00. The Morgan fingerprint density at radius 1 is 1.21 bits per heavy atom. The van der Waals surface area contributed by atoms with Gasteiger partial charge >= 0.3 is 0 Å². The lowest BCUT2D eigenvalue weighted by Gasteiger charge is -1.99. The molecule has 0 unspecified atom stereocenters. The molecule has 0 aliphatic carbocycles. The smallest absolute Gasteiger partial charge is 0.0954 e. The highest BCUT2D eigenvalue weighted by atomic mass is 16.3. The number of pyridine rings is 1. The van der Waals surface area contributed by atoms with Crippen molar-refractivity contribution in [1.82, 2.24) is 14.5 Å². The molecule has 0 spiro atoms. The third kappa shape index (κ3) is 1.97. The lowest BCUT2D eigenvalue weighted by molar-refractivity contribution is 0.277. The van der Waals surface area contributed by atoms with E-state index < -0.39 is 0 Å². The summed E-state index contributed by atoms with van der Waals surface area (Å²) in [5.74, 6) is 0. The summed E-state index contributed by atoms with van der Waals surface area (Å²) in [7, 11) is 0. The Balaban J connectivity index is 2.11. The van der Waals surface area contributed by atoms with E-state index in [1.807, 2.05) is 29.0 Å². The predicted octanol–water partition coefficient (Wildman–Crippen LogP) is 0.819. The van der Waals surface area contributed by atoms with Crippen LogP contribution < -0.4 is 0 Å². The van der Waals surface area contributed by atoms with Gasteiger partial charge in [0.1, 0.15) is 0 Å². The van der Waals surface area contributed by atoms with Crippen LogP contribution in [-0.4, -0.2) is 19.6 Å². The molecule has 0 atom stereocenters. The van der Waals surface area contributed by atoms with Gasteiger partial charge in [0, 0.05) is 12.4 Å². The van der Waals surface area contributed by atoms with E-state index in [0.29, 0.717) is 12.2 Å². The first-order valence-corrected chi connectivity index (χ1v) is 4.40. The second kappa shape index (κ2) is 4.02. The van der Waals surface area contributed by atoms with Crippen LogP contribution >= 0.6 is 0 Å². The Bertz CT molecular complexity index is 397. The van der Waals surface area contributed by atoms with E-state index in [-0.39, 0.29) is 6.61 Å². The summed E-state index contributed by atoms with van der Waals surface area (Å²) >= 11 is 0. The maximum Gasteiger partial charge on any atom is 0.0954 e. The molecule has 1 N–H and O–H groups in total. The Hall–Kier alpha value is -1.68. The van der Waals surface area contributed by atoms with Gasteiger partial charge in [-0.25, -0.2) is 4.98 Å². The highest BCUT2D eigenvalue weighted by molar-refractivity contribution is 5.05. The zero-order valence-electron chi connectivity index (χ0n) is 7.67. The standard InChI is InChI=1S/C10H11N3O/c14-7-10-6-13(8-12-10)5-9-3-1-2-4-11-9/h1-4,6,8,14H,5,7H2. The number of aliphatic hydroxyl groups excluding tert-OH is 1. The molecule has 14 heavy (non-hydrogen) atoms. The molecule has 0 saturated carbocycles. The van der Waals surface area contributed by atoms with Crippen LogP contribution in [-0.2, 0) is 13.2 Å². The number of aliphatic hydroxyl groups is 1. The molecular weight excluding hydrogens is 178 g/mol. The molecule has 0 radical (unpaired) electrons. The molecule has 0 aliphatic heterocycles. The lowest BCUT2D eigenvalue weighted by atomic mass is 10.3. The summed E-state index contributed by atoms with van der Waals surface area (Å²) in [5, 5.41) is 8.83. The molecule has 4 heteroatoms. The van der Waals surface area contributed by atoms with Crippen molar-refractivity contribution < 1.29 is 5.11 Å². The zero-order valence-corrected chi connectivity index (χ0v) is 7.67. The van der Waals surface area contributed by atoms with E-state index in [1.165, 1.54) is 0 Å². The van der Waals surface area contributed by atoms with Gasteiger partial charge in [0.15, 0.2) is 0 Å². The van der Waals surface area contributed by atoms with E-state index >= 15 is 0 Å². The van der Waals surface area contributed by atoms with Gasteiger partial charge in [-0.2, -0.15) is 0 Å². The number of hydrogen-bond donors (Lipinski definition) is 1. The predicted molar refractivity (Wildman–Crippen MR) is 51.5 cm³/mol. The quantitative estimate of drug-likeness (QED) is 0.777. The Kier molecular flexibility index (Phi) is 2.55. The summed E-state index contributed by atoms with van der Waals surface area (Å²) in [4.78, 5) is 8.21. The van der Waals surface area contributed by atoms with Crippen molar-refractivity contribution >= 4 is 0 Å². The second-order valence-corrected chi connectivity index (χ2v) is 3.02. The van der Waals surface area contributed by atoms with Crippen LogP contribution in [0, 0.1) is 0 Å². The molecule has 2 heterocycles. The highest BCUT2D eigenvalue weighted by Gasteiger charge is 1.98. The Morgan fingerprint density at radius 3 is 2.79 bits per heavy atom. The summed E-state index contributed by atoms with van der Waals surface area (Å²) in [6.07, 6.45) is 5.27. The molecule has 0 amide bonds. The van der Waals surface area contributed by atoms with Gasteiger partial charge in [0.25, 0.3) is 0 Å². The molecule has 0 aromatic carbocycles. The van der Waals surface area contributed by atoms with Crippen molar-refractivity contribution in [3.8, 4) is 0 Å². The number of hydrogen-bond acceptors (Lipinski definition) is 3. The SMILES string of the molecule is OCc1cn(Cc2ccccn2)cn1. The van der Waals surface area contributed by atoms with Crippen LogP contribution in [0.4, 0.5) is 0 Å². The molecule has 4 nitrogen and oxygen atoms in total. The molecule has 0 aliphatic rings. The van der Waals surface area contributed by atoms with Gasteiger partial charge in [0.2, 0.25) is 0 Å². The maximum atomic E-state index is 8.83. The number of rotatable bonds is 3. The van der Waals surface area contributed by atoms with E-state index in [4.69, 9.17) is 5.11 Å². The van der Waals surface area contributed by atoms with Gasteiger partial charge in [0.05, 0.1) is 30.9 Å². The van der Waals surface area contributed by atoms with Crippen molar-refractivity contribution in [2.24, 2.45) is 0 Å². The Labute approximate surface area is 81.9 Å². The fourth-order valence-electron chi connectivity index (χ4n) is 1.25. The van der Waals surface area contributed by atoms with Crippen LogP contribution in [0.15, 0.2) is 36.9 Å². The van der Waals surface area contributed by atoms with E-state index in [0.717, 1.165) is 5.69 Å². The minimum Gasteiger partial charge on any atom is -0.390 e. The van der Waals surface area contributed by atoms with Crippen LogP contribution in [0.2, 0.25) is 0 Å². The van der Waals surface area contributed by atoms with E-state index in [1.54, 1.807) is 12.5 Å². The zero-order chi connectivity index (χ0) is 9.80. The van der Waals surface area contributed by atoms with Crippen LogP contribution in [0.25, 0.3) is 0 Å². The molecule has 2 aromatic heterocycles. The van der Waals surface area contributed by atoms with Crippen molar-refractivity contribution in [3.05, 3.63) is 48.3 Å². The molecule has 2 aromatic rings. The fraction of sp³-hybridized carbons (Fsp3) is 0.200. The van der Waals surface area contributed by atoms with Gasteiger partial charge < -0.3 is 9.67 Å². The minimum atomic E-state index is -0.0186. The van der Waals surface area contributed by atoms with Gasteiger partial charge in [-0.05, 0) is 12.1 Å². The largest absolute Gasteiger partial charge is 0.390 e. The first-order valence-electron chi connectivity index (χ1n) is 4.40. The second-order valence-electron chi connectivity index (χ2n) is 3.02. The first-order chi connectivity index (χ1) is 6.88. The monoisotopic (exact) mass is 189 g/mol. The van der Waals surface area contributed by atoms with E-state index in [2.05, 4.69) is 9.97 Å². The average molecular weight is 189 g/mol. The molecule has 0 bridgehead atoms. The van der Waals surface area contributed by atoms with E-state index in [9.17, 15) is 0 Å². The van der Waals surface area contributed by atoms with Crippen molar-refractivity contribution in [1.29, 1.82) is 0 Å². The van der Waals surface area contributed by atoms with Crippen molar-refractivity contribution in [3.63, 3.8) is 0 Å². The van der Waals surface area contributed by atoms with Crippen molar-refractivity contribution in [2.75, 3.05) is 0 Å². The van der Waals surface area contributed by atoms with Gasteiger partial charge in [-0.15, -0.1) is 0 Å². The van der Waals surface area contributed by atoms with Crippen LogP contribution in [0.3, 0.4) is 0 Å². The number of aromatic nitrogens is 3. The molecule has 0 saturated heterocycles. The van der Waals surface area contributed by atoms with Gasteiger partial charge in [-0.1, -0.05) is 6.07 Å². The third-order valence-corrected chi connectivity index (χ3v) is 1.92. The third-order valence-electron chi connectivity index (χ3n) is 1.92. The normalized spacial score (nSPS) is 10.4. The average Bonchev–Trinajstić information content (AvgIpc) is 2.67. The Morgan fingerprint density at radius 2 is 2.14 bits per heavy atom. The molecule has 72 valence electrons. The maximum absolute atomic E-state index is 8.83. The van der Waals surface area contributed by atoms with Crippen LogP contribution in [0.5, 0.6) is 0 Å². The van der Waals surface area contributed by atoms with Gasteiger partial charge in [-0.3, -0.25) is 4.98 Å². The number of nitrogens with zero attached hydrogens (tertiary/aromatic N) is 3. The van der Waals surface area contributed by atoms with Crippen LogP contribution in [0.1, 0.15) is 11.4 Å². The summed E-state index contributed by atoms with van der Waals surface area (Å²) in [5.41, 5.74) is 1.66. The summed E-state index contributed by atoms with van der Waals surface area (Å²) in [6, 6.07) is 5.79. The molecule has 0 fully saturated rings. The summed E-state index contributed by atoms with van der Waals surface area (Å²) in [6.45, 7) is 0.670. The molecular formula is C10H11N3O. The lowest BCUT2D eigenvalue weighted by Crippen LogP contribution is -1.98. The summed E-state index contributed by atoms with van der Waals surface area (Å²) < 4.78 is 1.90. The van der Waals surface area contributed by atoms with Crippen molar-refractivity contribution in [2.45, 2.75) is 13.2 Å².